The molecule has 0 aliphatic heterocycles. The van der Waals surface area contributed by atoms with Gasteiger partial charge in [-0.2, -0.15) is 0 Å². The molecule has 0 heterocycles. The Morgan fingerprint density at radius 3 is 2.56 bits per heavy atom. The van der Waals surface area contributed by atoms with Crippen LogP contribution in [0.15, 0.2) is 16.6 Å². The molecule has 2 heteroatoms. The zero-order valence-corrected chi connectivity index (χ0v) is 6.87. The molecule has 0 radical (unpaired) electrons. The van der Waals surface area contributed by atoms with Gasteiger partial charge in [0.1, 0.15) is 5.17 Å². The second-order valence-electron chi connectivity index (χ2n) is 1.89. The predicted molar refractivity (Wildman–Crippen MR) is 43.3 cm³/mol. The number of hydrogen-bond acceptors (Lipinski definition) is 1. The van der Waals surface area contributed by atoms with Gasteiger partial charge in [0.05, 0.1) is 0 Å². The Balaban J connectivity index is 3.95. The lowest BCUT2D eigenvalue weighted by atomic mass is 10.2. The molecule has 52 valence electrons. The molecule has 0 unspecified atom stereocenters. The molecule has 9 heavy (non-hydrogen) atoms. The van der Waals surface area contributed by atoms with Crippen LogP contribution in [-0.4, -0.2) is 12.2 Å². The van der Waals surface area contributed by atoms with Crippen LogP contribution < -0.4 is 0 Å². The SMILES string of the molecule is CC/C(C)=C\C(Cl)=NC. The maximum absolute atomic E-state index is 5.61. The summed E-state index contributed by atoms with van der Waals surface area (Å²) in [4.78, 5) is 3.78. The molecule has 0 amide bonds. The van der Waals surface area contributed by atoms with Gasteiger partial charge in [-0.1, -0.05) is 24.1 Å². The molecular weight excluding hydrogens is 134 g/mol. The van der Waals surface area contributed by atoms with E-state index >= 15 is 0 Å². The van der Waals surface area contributed by atoms with Crippen LogP contribution in [0.1, 0.15) is 20.3 Å². The van der Waals surface area contributed by atoms with Gasteiger partial charge >= 0.3 is 0 Å². The number of aliphatic imine (C=N–C) groups is 1. The second kappa shape index (κ2) is 4.57. The molecule has 0 atom stereocenters. The van der Waals surface area contributed by atoms with Crippen LogP contribution in [0.3, 0.4) is 0 Å². The van der Waals surface area contributed by atoms with Crippen molar-refractivity contribution in [2.45, 2.75) is 20.3 Å². The second-order valence-corrected chi connectivity index (χ2v) is 2.28. The number of allylic oxidation sites excluding steroid dienone is 2. The zero-order valence-electron chi connectivity index (χ0n) is 6.11. The number of rotatable bonds is 2. The minimum Gasteiger partial charge on any atom is -0.277 e. The molecule has 0 bridgehead atoms. The van der Waals surface area contributed by atoms with Gasteiger partial charge < -0.3 is 0 Å². The van der Waals surface area contributed by atoms with E-state index in [2.05, 4.69) is 11.9 Å². The molecule has 1 nitrogen and oxygen atoms in total. The quantitative estimate of drug-likeness (QED) is 0.530. The van der Waals surface area contributed by atoms with E-state index in [4.69, 9.17) is 11.6 Å². The number of halogens is 1. The summed E-state index contributed by atoms with van der Waals surface area (Å²) in [5.74, 6) is 0. The lowest BCUT2D eigenvalue weighted by molar-refractivity contribution is 1.10. The third-order valence-corrected chi connectivity index (χ3v) is 1.41. The van der Waals surface area contributed by atoms with Gasteiger partial charge in [0.2, 0.25) is 0 Å². The Hall–Kier alpha value is -0.300. The highest BCUT2D eigenvalue weighted by Gasteiger charge is 1.86. The van der Waals surface area contributed by atoms with E-state index in [1.807, 2.05) is 13.0 Å². The Kier molecular flexibility index (Phi) is 4.41. The summed E-state index contributed by atoms with van der Waals surface area (Å²) in [6.07, 6.45) is 2.91. The van der Waals surface area contributed by atoms with Crippen molar-refractivity contribution < 1.29 is 0 Å². The lowest BCUT2D eigenvalue weighted by Gasteiger charge is -1.90. The fourth-order valence-electron chi connectivity index (χ4n) is 0.370. The van der Waals surface area contributed by atoms with Gasteiger partial charge in [0.15, 0.2) is 0 Å². The van der Waals surface area contributed by atoms with Gasteiger partial charge in [-0.25, -0.2) is 0 Å². The first-order chi connectivity index (χ1) is 4.20. The highest BCUT2D eigenvalue weighted by Crippen LogP contribution is 1.99. The van der Waals surface area contributed by atoms with Crippen molar-refractivity contribution in [1.29, 1.82) is 0 Å². The Morgan fingerprint density at radius 2 is 2.22 bits per heavy atom. The van der Waals surface area contributed by atoms with Gasteiger partial charge in [-0.05, 0) is 19.4 Å². The Bertz CT molecular complexity index is 136. The fraction of sp³-hybridized carbons (Fsp3) is 0.571. The summed E-state index contributed by atoms with van der Waals surface area (Å²) in [6, 6.07) is 0. The minimum atomic E-state index is 0.578. The van der Waals surface area contributed by atoms with Gasteiger partial charge in [-0.15, -0.1) is 0 Å². The van der Waals surface area contributed by atoms with E-state index in [1.165, 1.54) is 5.57 Å². The van der Waals surface area contributed by atoms with Gasteiger partial charge in [0, 0.05) is 7.05 Å². The van der Waals surface area contributed by atoms with E-state index < -0.39 is 0 Å². The third kappa shape index (κ3) is 4.22. The maximum atomic E-state index is 5.61. The van der Waals surface area contributed by atoms with Crippen LogP contribution >= 0.6 is 11.6 Å². The largest absolute Gasteiger partial charge is 0.277 e. The molecule has 0 aliphatic carbocycles. The molecule has 0 saturated heterocycles. The predicted octanol–water partition coefficient (Wildman–Crippen LogP) is 2.61. The fourth-order valence-corrected chi connectivity index (χ4v) is 0.556. The summed E-state index contributed by atoms with van der Waals surface area (Å²) in [7, 11) is 1.68. The highest BCUT2D eigenvalue weighted by molar-refractivity contribution is 6.68. The van der Waals surface area contributed by atoms with Crippen LogP contribution in [0.2, 0.25) is 0 Å². The third-order valence-electron chi connectivity index (χ3n) is 1.14. The van der Waals surface area contributed by atoms with Crippen LogP contribution in [-0.2, 0) is 0 Å². The van der Waals surface area contributed by atoms with Crippen molar-refractivity contribution in [3.8, 4) is 0 Å². The molecule has 0 saturated carbocycles. The molecule has 0 aliphatic rings. The molecule has 0 spiro atoms. The van der Waals surface area contributed by atoms with Crippen molar-refractivity contribution >= 4 is 16.8 Å². The maximum Gasteiger partial charge on any atom is 0.123 e. The van der Waals surface area contributed by atoms with Crippen molar-refractivity contribution in [3.63, 3.8) is 0 Å². The average molecular weight is 146 g/mol. The van der Waals surface area contributed by atoms with E-state index in [-0.39, 0.29) is 0 Å². The topological polar surface area (TPSA) is 12.4 Å². The molecule has 0 aromatic rings. The van der Waals surface area contributed by atoms with E-state index in [1.54, 1.807) is 7.05 Å². The van der Waals surface area contributed by atoms with Crippen LogP contribution in [0.25, 0.3) is 0 Å². The van der Waals surface area contributed by atoms with Crippen molar-refractivity contribution in [2.75, 3.05) is 7.05 Å². The standard InChI is InChI=1S/C7H12ClN/c1-4-6(2)5-7(8)9-3/h5H,4H2,1-3H3/b6-5-,9-7?. The first-order valence-corrected chi connectivity index (χ1v) is 3.38. The molecule has 0 fully saturated rings. The highest BCUT2D eigenvalue weighted by atomic mass is 35.5. The Morgan fingerprint density at radius 1 is 1.67 bits per heavy atom. The first-order valence-electron chi connectivity index (χ1n) is 3.00. The average Bonchev–Trinajstić information content (AvgIpc) is 1.87. The van der Waals surface area contributed by atoms with E-state index in [0.29, 0.717) is 5.17 Å². The zero-order chi connectivity index (χ0) is 7.28. The minimum absolute atomic E-state index is 0.578. The molecule has 0 aromatic carbocycles. The number of nitrogens with zero attached hydrogens (tertiary/aromatic N) is 1. The first kappa shape index (κ1) is 8.70. The summed E-state index contributed by atoms with van der Waals surface area (Å²) in [5.41, 5.74) is 1.26. The normalized spacial score (nSPS) is 14.2. The van der Waals surface area contributed by atoms with Crippen molar-refractivity contribution in [3.05, 3.63) is 11.6 Å². The smallest absolute Gasteiger partial charge is 0.123 e. The van der Waals surface area contributed by atoms with E-state index in [0.717, 1.165) is 6.42 Å². The molecule has 0 rings (SSSR count). The van der Waals surface area contributed by atoms with Gasteiger partial charge in [-0.3, -0.25) is 4.99 Å². The summed E-state index contributed by atoms with van der Waals surface area (Å²) in [5, 5.41) is 0.578. The lowest BCUT2D eigenvalue weighted by Crippen LogP contribution is -1.81. The van der Waals surface area contributed by atoms with Crippen molar-refractivity contribution in [2.24, 2.45) is 4.99 Å². The number of hydrogen-bond donors (Lipinski definition) is 0. The summed E-state index contributed by atoms with van der Waals surface area (Å²) >= 11 is 5.61. The van der Waals surface area contributed by atoms with E-state index in [9.17, 15) is 0 Å². The molecule has 0 N–H and O–H groups in total. The Labute approximate surface area is 61.4 Å². The summed E-state index contributed by atoms with van der Waals surface area (Å²) < 4.78 is 0. The van der Waals surface area contributed by atoms with Gasteiger partial charge in [0.25, 0.3) is 0 Å². The van der Waals surface area contributed by atoms with Crippen molar-refractivity contribution in [1.82, 2.24) is 0 Å². The van der Waals surface area contributed by atoms with Crippen LogP contribution in [0, 0.1) is 0 Å². The summed E-state index contributed by atoms with van der Waals surface area (Å²) in [6.45, 7) is 4.12. The molecule has 0 aromatic heterocycles. The van der Waals surface area contributed by atoms with Crippen LogP contribution in [0.4, 0.5) is 0 Å². The van der Waals surface area contributed by atoms with Crippen LogP contribution in [0.5, 0.6) is 0 Å². The molecular formula is C7H12ClN. The monoisotopic (exact) mass is 145 g/mol.